The molecule has 2 rings (SSSR count). The van der Waals surface area contributed by atoms with Crippen molar-refractivity contribution >= 4 is 23.9 Å². The zero-order valence-corrected chi connectivity index (χ0v) is 21.0. The van der Waals surface area contributed by atoms with E-state index in [2.05, 4.69) is 10.6 Å². The normalized spacial score (nSPS) is 20.8. The number of carbonyl (C=O) groups excluding carboxylic acids is 4. The first-order valence-corrected chi connectivity index (χ1v) is 11.7. The summed E-state index contributed by atoms with van der Waals surface area (Å²) in [6, 6.07) is 8.83. The summed E-state index contributed by atoms with van der Waals surface area (Å²) in [5.41, 5.74) is 0.288. The van der Waals surface area contributed by atoms with Crippen molar-refractivity contribution in [2.45, 2.75) is 90.4 Å². The number of rotatable bonds is 9. The molecule has 0 bridgehead atoms. The Labute approximate surface area is 206 Å². The maximum atomic E-state index is 12.6. The van der Waals surface area contributed by atoms with Gasteiger partial charge in [0.1, 0.15) is 18.3 Å². The van der Waals surface area contributed by atoms with Gasteiger partial charge >= 0.3 is 18.0 Å². The Kier molecular flexibility index (Phi) is 10.5. The van der Waals surface area contributed by atoms with Crippen LogP contribution in [0.5, 0.6) is 0 Å². The summed E-state index contributed by atoms with van der Waals surface area (Å²) in [4.78, 5) is 48.2. The predicted molar refractivity (Wildman–Crippen MR) is 126 cm³/mol. The fraction of sp³-hybridized carbons (Fsp3) is 0.600. The molecule has 0 heterocycles. The van der Waals surface area contributed by atoms with Gasteiger partial charge in [0.15, 0.2) is 6.10 Å². The van der Waals surface area contributed by atoms with Gasteiger partial charge in [-0.25, -0.2) is 9.59 Å². The second-order valence-corrected chi connectivity index (χ2v) is 9.48. The second-order valence-electron chi connectivity index (χ2n) is 9.48. The predicted octanol–water partition coefficient (Wildman–Crippen LogP) is 2.63. The van der Waals surface area contributed by atoms with Crippen molar-refractivity contribution in [3.63, 3.8) is 0 Å². The molecular formula is C25H36N2O8. The molecule has 10 nitrogen and oxygen atoms in total. The lowest BCUT2D eigenvalue weighted by Crippen LogP contribution is -2.52. The molecule has 2 N–H and O–H groups in total. The number of hydrogen-bond donors (Lipinski definition) is 2. The molecule has 35 heavy (non-hydrogen) atoms. The second kappa shape index (κ2) is 13.1. The standard InChI is InChI=1S/C25H36N2O8/c1-16(33-24(31)26-14-18-9-7-6-8-10-18)23(30)27-20-12-11-19(13-21(20)34-17(2)28)32-15-22(29)35-25(3,4)5/h6-10,16,19-21H,11-15H2,1-5H3,(H,26,31)(H,27,30)/t16-,19-,20-,21-/m0/s1. The average molecular weight is 493 g/mol. The van der Waals surface area contributed by atoms with E-state index in [1.807, 2.05) is 30.3 Å². The van der Waals surface area contributed by atoms with Gasteiger partial charge in [-0.05, 0) is 46.1 Å². The van der Waals surface area contributed by atoms with Gasteiger partial charge in [0.25, 0.3) is 5.91 Å². The van der Waals surface area contributed by atoms with Gasteiger partial charge in [-0.3, -0.25) is 9.59 Å². The monoisotopic (exact) mass is 492 g/mol. The van der Waals surface area contributed by atoms with Crippen LogP contribution in [0.3, 0.4) is 0 Å². The van der Waals surface area contributed by atoms with Gasteiger partial charge in [-0.1, -0.05) is 30.3 Å². The molecule has 4 atom stereocenters. The minimum atomic E-state index is -1.05. The van der Waals surface area contributed by atoms with Crippen LogP contribution in [0.2, 0.25) is 0 Å². The molecular weight excluding hydrogens is 456 g/mol. The van der Waals surface area contributed by atoms with Crippen LogP contribution in [-0.2, 0) is 39.9 Å². The SMILES string of the molecule is CC(=O)O[C@H]1C[C@@H](OCC(=O)OC(C)(C)C)CC[C@@H]1NC(=O)[C@H](C)OC(=O)NCc1ccccc1. The number of esters is 2. The highest BCUT2D eigenvalue weighted by molar-refractivity contribution is 5.83. The zero-order valence-electron chi connectivity index (χ0n) is 21.0. The van der Waals surface area contributed by atoms with E-state index in [9.17, 15) is 19.2 Å². The van der Waals surface area contributed by atoms with Crippen LogP contribution in [0.1, 0.15) is 59.4 Å². The molecule has 0 saturated heterocycles. The third-order valence-electron chi connectivity index (χ3n) is 5.18. The van der Waals surface area contributed by atoms with Crippen molar-refractivity contribution in [3.8, 4) is 0 Å². The number of ether oxygens (including phenoxy) is 4. The van der Waals surface area contributed by atoms with E-state index < -0.39 is 47.8 Å². The Balaban J connectivity index is 1.83. The lowest BCUT2D eigenvalue weighted by Gasteiger charge is -2.36. The molecule has 0 spiro atoms. The van der Waals surface area contributed by atoms with Gasteiger partial charge in [0.2, 0.25) is 0 Å². The van der Waals surface area contributed by atoms with Gasteiger partial charge in [0.05, 0.1) is 12.1 Å². The Morgan fingerprint density at radius 3 is 2.40 bits per heavy atom. The van der Waals surface area contributed by atoms with Crippen molar-refractivity contribution < 1.29 is 38.1 Å². The number of hydrogen-bond acceptors (Lipinski definition) is 8. The molecule has 194 valence electrons. The number of carbonyl (C=O) groups is 4. The first-order chi connectivity index (χ1) is 16.4. The van der Waals surface area contributed by atoms with E-state index in [0.29, 0.717) is 19.3 Å². The Morgan fingerprint density at radius 1 is 1.09 bits per heavy atom. The smallest absolute Gasteiger partial charge is 0.408 e. The molecule has 1 fully saturated rings. The summed E-state index contributed by atoms with van der Waals surface area (Å²) in [6.07, 6.45) is -1.45. The summed E-state index contributed by atoms with van der Waals surface area (Å²) >= 11 is 0. The molecule has 1 aliphatic rings. The van der Waals surface area contributed by atoms with Crippen LogP contribution in [0, 0.1) is 0 Å². The summed E-state index contributed by atoms with van der Waals surface area (Å²) in [7, 11) is 0. The topological polar surface area (TPSA) is 129 Å². The van der Waals surface area contributed by atoms with Crippen molar-refractivity contribution in [2.75, 3.05) is 6.61 Å². The van der Waals surface area contributed by atoms with Gasteiger partial charge in [-0.15, -0.1) is 0 Å². The molecule has 1 aromatic rings. The van der Waals surface area contributed by atoms with Crippen LogP contribution in [0.25, 0.3) is 0 Å². The van der Waals surface area contributed by atoms with Crippen LogP contribution in [-0.4, -0.2) is 60.5 Å². The molecule has 1 aromatic carbocycles. The molecule has 0 aliphatic heterocycles. The zero-order chi connectivity index (χ0) is 26.0. The fourth-order valence-corrected chi connectivity index (χ4v) is 3.64. The number of amides is 2. The minimum absolute atomic E-state index is 0.214. The number of nitrogens with one attached hydrogen (secondary N) is 2. The highest BCUT2D eigenvalue weighted by Gasteiger charge is 2.36. The summed E-state index contributed by atoms with van der Waals surface area (Å²) in [5, 5.41) is 5.40. The third-order valence-corrected chi connectivity index (χ3v) is 5.18. The van der Waals surface area contributed by atoms with Crippen molar-refractivity contribution in [2.24, 2.45) is 0 Å². The molecule has 0 radical (unpaired) electrons. The van der Waals surface area contributed by atoms with Gasteiger partial charge < -0.3 is 29.6 Å². The third kappa shape index (κ3) is 10.8. The fourth-order valence-electron chi connectivity index (χ4n) is 3.64. The van der Waals surface area contributed by atoms with Crippen LogP contribution < -0.4 is 10.6 Å². The summed E-state index contributed by atoms with van der Waals surface area (Å²) in [6.45, 7) is 8.12. The quantitative estimate of drug-likeness (QED) is 0.398. The largest absolute Gasteiger partial charge is 0.460 e. The first kappa shape index (κ1) is 28.1. The number of alkyl carbamates (subject to hydrolysis) is 1. The van der Waals surface area contributed by atoms with Crippen LogP contribution in [0.4, 0.5) is 4.79 Å². The average Bonchev–Trinajstić information content (AvgIpc) is 2.77. The van der Waals surface area contributed by atoms with E-state index in [4.69, 9.17) is 18.9 Å². The molecule has 0 unspecified atom stereocenters. The van der Waals surface area contributed by atoms with E-state index in [-0.39, 0.29) is 19.3 Å². The van der Waals surface area contributed by atoms with E-state index in [1.54, 1.807) is 20.8 Å². The van der Waals surface area contributed by atoms with Crippen LogP contribution >= 0.6 is 0 Å². The number of benzene rings is 1. The molecule has 2 amide bonds. The van der Waals surface area contributed by atoms with E-state index >= 15 is 0 Å². The Hall–Kier alpha value is -3.14. The lowest BCUT2D eigenvalue weighted by molar-refractivity contribution is -0.166. The highest BCUT2D eigenvalue weighted by atomic mass is 16.6. The van der Waals surface area contributed by atoms with Gasteiger partial charge in [0, 0.05) is 19.9 Å². The Bertz CT molecular complexity index is 868. The summed E-state index contributed by atoms with van der Waals surface area (Å²) in [5.74, 6) is -1.48. The van der Waals surface area contributed by atoms with Gasteiger partial charge in [-0.2, -0.15) is 0 Å². The minimum Gasteiger partial charge on any atom is -0.460 e. The Morgan fingerprint density at radius 2 is 1.77 bits per heavy atom. The van der Waals surface area contributed by atoms with Crippen molar-refractivity contribution in [1.82, 2.24) is 10.6 Å². The molecule has 0 aromatic heterocycles. The lowest BCUT2D eigenvalue weighted by atomic mass is 9.89. The molecule has 10 heteroatoms. The summed E-state index contributed by atoms with van der Waals surface area (Å²) < 4.78 is 21.5. The van der Waals surface area contributed by atoms with Crippen LogP contribution in [0.15, 0.2) is 30.3 Å². The van der Waals surface area contributed by atoms with Crippen molar-refractivity contribution in [1.29, 1.82) is 0 Å². The maximum Gasteiger partial charge on any atom is 0.408 e. The van der Waals surface area contributed by atoms with E-state index in [0.717, 1.165) is 5.56 Å². The highest BCUT2D eigenvalue weighted by Crippen LogP contribution is 2.25. The maximum absolute atomic E-state index is 12.6. The molecule has 1 saturated carbocycles. The van der Waals surface area contributed by atoms with E-state index in [1.165, 1.54) is 13.8 Å². The molecule has 1 aliphatic carbocycles. The first-order valence-electron chi connectivity index (χ1n) is 11.7. The van der Waals surface area contributed by atoms with Crippen molar-refractivity contribution in [3.05, 3.63) is 35.9 Å².